The summed E-state index contributed by atoms with van der Waals surface area (Å²) in [6, 6.07) is 9.37. The van der Waals surface area contributed by atoms with E-state index < -0.39 is 0 Å². The summed E-state index contributed by atoms with van der Waals surface area (Å²) in [6.07, 6.45) is 5.21. The first-order valence-corrected chi connectivity index (χ1v) is 8.15. The molecule has 0 aliphatic carbocycles. The number of aryl methyl sites for hydroxylation is 1. The predicted molar refractivity (Wildman–Crippen MR) is 97.1 cm³/mol. The van der Waals surface area contributed by atoms with Crippen molar-refractivity contribution in [2.24, 2.45) is 0 Å². The molecule has 0 saturated heterocycles. The van der Waals surface area contributed by atoms with Gasteiger partial charge in [-0.15, -0.1) is 0 Å². The van der Waals surface area contributed by atoms with Gasteiger partial charge in [0.05, 0.1) is 16.9 Å². The number of hydrogen-bond acceptors (Lipinski definition) is 5. The number of pyridine rings is 3. The highest BCUT2D eigenvalue weighted by atomic mass is 16.1. The zero-order valence-corrected chi connectivity index (χ0v) is 14.0. The Kier molecular flexibility index (Phi) is 3.65. The SMILES string of the molecule is CCN1c2ncccc2C(=O)Nc2c(C)cc(-c3cccnc3)nc21. The number of carbonyl (C=O) groups excluding carboxylic acids is 1. The number of aromatic nitrogens is 3. The molecular formula is C19H17N5O. The molecule has 3 aromatic rings. The van der Waals surface area contributed by atoms with Gasteiger partial charge < -0.3 is 10.2 Å². The van der Waals surface area contributed by atoms with Gasteiger partial charge in [0.15, 0.2) is 5.82 Å². The summed E-state index contributed by atoms with van der Waals surface area (Å²) < 4.78 is 0. The number of nitrogens with one attached hydrogen (secondary N) is 1. The molecule has 0 saturated carbocycles. The number of anilines is 3. The number of nitrogens with zero attached hydrogens (tertiary/aromatic N) is 4. The minimum absolute atomic E-state index is 0.167. The van der Waals surface area contributed by atoms with Gasteiger partial charge in [0.1, 0.15) is 5.82 Å². The molecule has 6 heteroatoms. The first kappa shape index (κ1) is 15.3. The van der Waals surface area contributed by atoms with E-state index in [9.17, 15) is 4.79 Å². The van der Waals surface area contributed by atoms with Gasteiger partial charge in [-0.1, -0.05) is 0 Å². The Bertz CT molecular complexity index is 955. The molecule has 0 aromatic carbocycles. The molecule has 0 radical (unpaired) electrons. The number of hydrogen-bond donors (Lipinski definition) is 1. The molecule has 1 aliphatic heterocycles. The number of carbonyl (C=O) groups is 1. The van der Waals surface area contributed by atoms with Crippen molar-refractivity contribution in [2.75, 3.05) is 16.8 Å². The van der Waals surface area contributed by atoms with Crippen LogP contribution in [0.5, 0.6) is 0 Å². The lowest BCUT2D eigenvalue weighted by atomic mass is 10.1. The van der Waals surface area contributed by atoms with Gasteiger partial charge in [-0.25, -0.2) is 9.97 Å². The van der Waals surface area contributed by atoms with Crippen LogP contribution in [0.25, 0.3) is 11.3 Å². The zero-order chi connectivity index (χ0) is 17.4. The van der Waals surface area contributed by atoms with E-state index in [1.165, 1.54) is 0 Å². The minimum Gasteiger partial charge on any atom is -0.318 e. The van der Waals surface area contributed by atoms with Crippen LogP contribution in [0.2, 0.25) is 0 Å². The van der Waals surface area contributed by atoms with Crippen LogP contribution in [0.1, 0.15) is 22.8 Å². The van der Waals surface area contributed by atoms with Gasteiger partial charge in [-0.2, -0.15) is 0 Å². The van der Waals surface area contributed by atoms with Crippen molar-refractivity contribution in [3.63, 3.8) is 0 Å². The standard InChI is InChI=1S/C19H17N5O/c1-3-24-17-14(7-5-9-21-17)19(25)23-16-12(2)10-15(22-18(16)24)13-6-4-8-20-11-13/h4-11H,3H2,1-2H3,(H,23,25). The van der Waals surface area contributed by atoms with Gasteiger partial charge in [-0.3, -0.25) is 9.78 Å². The van der Waals surface area contributed by atoms with Crippen LogP contribution in [-0.4, -0.2) is 27.4 Å². The topological polar surface area (TPSA) is 71.0 Å². The second-order valence-electron chi connectivity index (χ2n) is 5.84. The highest BCUT2D eigenvalue weighted by molar-refractivity contribution is 6.12. The highest BCUT2D eigenvalue weighted by Gasteiger charge is 2.28. The summed E-state index contributed by atoms with van der Waals surface area (Å²) in [4.78, 5) is 28.0. The summed E-state index contributed by atoms with van der Waals surface area (Å²) in [7, 11) is 0. The molecule has 4 heterocycles. The molecule has 1 amide bonds. The van der Waals surface area contributed by atoms with Gasteiger partial charge in [0.2, 0.25) is 0 Å². The highest BCUT2D eigenvalue weighted by Crippen LogP contribution is 2.38. The van der Waals surface area contributed by atoms with Crippen LogP contribution in [0.3, 0.4) is 0 Å². The molecule has 1 N–H and O–H groups in total. The number of rotatable bonds is 2. The summed E-state index contributed by atoms with van der Waals surface area (Å²) >= 11 is 0. The molecule has 1 aliphatic rings. The fourth-order valence-electron chi connectivity index (χ4n) is 3.04. The van der Waals surface area contributed by atoms with Crippen LogP contribution in [0.4, 0.5) is 17.3 Å². The molecule has 3 aromatic heterocycles. The molecule has 124 valence electrons. The van der Waals surface area contributed by atoms with Crippen LogP contribution in [0, 0.1) is 6.92 Å². The molecule has 6 nitrogen and oxygen atoms in total. The monoisotopic (exact) mass is 331 g/mol. The molecule has 0 unspecified atom stereocenters. The van der Waals surface area contributed by atoms with E-state index in [2.05, 4.69) is 15.3 Å². The first-order chi connectivity index (χ1) is 12.2. The summed E-state index contributed by atoms with van der Waals surface area (Å²) in [6.45, 7) is 4.64. The molecule has 4 rings (SSSR count). The Morgan fingerprint density at radius 1 is 1.16 bits per heavy atom. The Labute approximate surface area is 145 Å². The van der Waals surface area contributed by atoms with E-state index in [1.54, 1.807) is 30.7 Å². The van der Waals surface area contributed by atoms with Crippen molar-refractivity contribution in [2.45, 2.75) is 13.8 Å². The maximum atomic E-state index is 12.6. The van der Waals surface area contributed by atoms with E-state index >= 15 is 0 Å². The van der Waals surface area contributed by atoms with E-state index in [-0.39, 0.29) is 5.91 Å². The van der Waals surface area contributed by atoms with E-state index in [0.29, 0.717) is 23.7 Å². The largest absolute Gasteiger partial charge is 0.318 e. The second kappa shape index (κ2) is 5.98. The van der Waals surface area contributed by atoms with Crippen molar-refractivity contribution < 1.29 is 4.79 Å². The number of amides is 1. The molecule has 0 spiro atoms. The minimum atomic E-state index is -0.167. The molecule has 0 fully saturated rings. The molecule has 25 heavy (non-hydrogen) atoms. The Morgan fingerprint density at radius 2 is 2.00 bits per heavy atom. The average molecular weight is 331 g/mol. The number of fused-ring (bicyclic) bond motifs is 2. The fraction of sp³-hybridized carbons (Fsp3) is 0.158. The molecule has 0 atom stereocenters. The summed E-state index contributed by atoms with van der Waals surface area (Å²) in [5.74, 6) is 1.16. The van der Waals surface area contributed by atoms with E-state index in [0.717, 1.165) is 22.5 Å². The van der Waals surface area contributed by atoms with Crippen molar-refractivity contribution in [1.82, 2.24) is 15.0 Å². The second-order valence-corrected chi connectivity index (χ2v) is 5.84. The predicted octanol–water partition coefficient (Wildman–Crippen LogP) is 3.57. The Morgan fingerprint density at radius 3 is 2.76 bits per heavy atom. The third-order valence-corrected chi connectivity index (χ3v) is 4.25. The van der Waals surface area contributed by atoms with Gasteiger partial charge in [0, 0.05) is 30.7 Å². The quantitative estimate of drug-likeness (QED) is 0.777. The van der Waals surface area contributed by atoms with E-state index in [4.69, 9.17) is 4.98 Å². The third-order valence-electron chi connectivity index (χ3n) is 4.25. The van der Waals surface area contributed by atoms with Crippen molar-refractivity contribution in [1.29, 1.82) is 0 Å². The summed E-state index contributed by atoms with van der Waals surface area (Å²) in [5.41, 5.74) is 3.96. The smallest absolute Gasteiger partial charge is 0.259 e. The van der Waals surface area contributed by atoms with Crippen LogP contribution >= 0.6 is 0 Å². The normalized spacial score (nSPS) is 12.9. The van der Waals surface area contributed by atoms with Gasteiger partial charge in [-0.05, 0) is 49.7 Å². The van der Waals surface area contributed by atoms with Crippen molar-refractivity contribution in [3.8, 4) is 11.3 Å². The van der Waals surface area contributed by atoms with E-state index in [1.807, 2.05) is 36.9 Å². The first-order valence-electron chi connectivity index (χ1n) is 8.15. The molecular weight excluding hydrogens is 314 g/mol. The van der Waals surface area contributed by atoms with Crippen molar-refractivity contribution >= 4 is 23.2 Å². The maximum absolute atomic E-state index is 12.6. The lowest BCUT2D eigenvalue weighted by Gasteiger charge is -2.23. The molecule has 0 bridgehead atoms. The third kappa shape index (κ3) is 2.52. The summed E-state index contributed by atoms with van der Waals surface area (Å²) in [5, 5.41) is 2.99. The average Bonchev–Trinajstić information content (AvgIpc) is 2.77. The Balaban J connectivity index is 1.96. The lowest BCUT2D eigenvalue weighted by Crippen LogP contribution is -2.20. The van der Waals surface area contributed by atoms with Gasteiger partial charge in [0.25, 0.3) is 5.91 Å². The van der Waals surface area contributed by atoms with Gasteiger partial charge >= 0.3 is 0 Å². The maximum Gasteiger partial charge on any atom is 0.259 e. The lowest BCUT2D eigenvalue weighted by molar-refractivity contribution is 0.102. The zero-order valence-electron chi connectivity index (χ0n) is 14.0. The Hall–Kier alpha value is -3.28. The van der Waals surface area contributed by atoms with Crippen LogP contribution in [-0.2, 0) is 0 Å². The van der Waals surface area contributed by atoms with Crippen LogP contribution < -0.4 is 10.2 Å². The van der Waals surface area contributed by atoms with Crippen molar-refractivity contribution in [3.05, 3.63) is 60.0 Å². The fourth-order valence-corrected chi connectivity index (χ4v) is 3.04. The van der Waals surface area contributed by atoms with Crippen LogP contribution in [0.15, 0.2) is 48.9 Å².